The molecule has 4 rings (SSSR count). The minimum atomic E-state index is -0.296. The first kappa shape index (κ1) is 19.1. The van der Waals surface area contributed by atoms with Gasteiger partial charge in [0.25, 0.3) is 0 Å². The lowest BCUT2D eigenvalue weighted by Crippen LogP contribution is -2.19. The van der Waals surface area contributed by atoms with Crippen molar-refractivity contribution in [3.8, 4) is 5.82 Å². The summed E-state index contributed by atoms with van der Waals surface area (Å²) >= 11 is 0. The molecule has 8 nitrogen and oxygen atoms in total. The van der Waals surface area contributed by atoms with Crippen LogP contribution >= 0.6 is 0 Å². The standard InChI is InChI=1S/C22H21N7O/c1-15-4-6-18(7-5-15)27-22(30)28-19-10-8-17(9-11-19)26-20-14-21(25-16(2)24-20)29-13-3-12-23-29/h3-14H,1-2H3,(H,24,25,26)(H2,27,28,30). The Morgan fingerprint density at radius 3 is 2.13 bits per heavy atom. The number of carbonyl (C=O) groups is 1. The van der Waals surface area contributed by atoms with E-state index in [0.29, 0.717) is 23.1 Å². The van der Waals surface area contributed by atoms with Gasteiger partial charge in [-0.05, 0) is 56.3 Å². The van der Waals surface area contributed by atoms with E-state index in [0.717, 1.165) is 16.9 Å². The molecule has 0 spiro atoms. The molecule has 3 N–H and O–H groups in total. The zero-order valence-electron chi connectivity index (χ0n) is 16.6. The van der Waals surface area contributed by atoms with Crippen molar-refractivity contribution in [2.24, 2.45) is 0 Å². The Labute approximate surface area is 174 Å². The van der Waals surface area contributed by atoms with Gasteiger partial charge in [-0.1, -0.05) is 17.7 Å². The number of carbonyl (C=O) groups excluding carboxylic acids is 1. The Kier molecular flexibility index (Phi) is 5.38. The number of aromatic nitrogens is 4. The fourth-order valence-corrected chi connectivity index (χ4v) is 2.85. The molecule has 0 saturated carbocycles. The maximum absolute atomic E-state index is 12.2. The second-order valence-electron chi connectivity index (χ2n) is 6.76. The third-order valence-electron chi connectivity index (χ3n) is 4.29. The van der Waals surface area contributed by atoms with Gasteiger partial charge in [-0.2, -0.15) is 5.10 Å². The van der Waals surface area contributed by atoms with Crippen molar-refractivity contribution in [2.75, 3.05) is 16.0 Å². The number of hydrogen-bond donors (Lipinski definition) is 3. The molecule has 2 amide bonds. The van der Waals surface area contributed by atoms with Crippen molar-refractivity contribution in [3.63, 3.8) is 0 Å². The normalized spacial score (nSPS) is 10.5. The molecular formula is C22H21N7O. The topological polar surface area (TPSA) is 96.8 Å². The summed E-state index contributed by atoms with van der Waals surface area (Å²) in [4.78, 5) is 21.0. The Morgan fingerprint density at radius 2 is 1.50 bits per heavy atom. The van der Waals surface area contributed by atoms with Crippen molar-refractivity contribution >= 4 is 28.9 Å². The highest BCUT2D eigenvalue weighted by Gasteiger charge is 2.06. The first-order valence-electron chi connectivity index (χ1n) is 9.43. The number of rotatable bonds is 5. The molecule has 2 aromatic carbocycles. The Hall–Kier alpha value is -4.20. The maximum Gasteiger partial charge on any atom is 0.323 e. The molecule has 2 aromatic heterocycles. The summed E-state index contributed by atoms with van der Waals surface area (Å²) in [7, 11) is 0. The van der Waals surface area contributed by atoms with E-state index in [9.17, 15) is 4.79 Å². The van der Waals surface area contributed by atoms with Gasteiger partial charge in [-0.15, -0.1) is 0 Å². The number of hydrogen-bond acceptors (Lipinski definition) is 5. The minimum Gasteiger partial charge on any atom is -0.340 e. The first-order valence-corrected chi connectivity index (χ1v) is 9.43. The Bertz CT molecular complexity index is 1140. The van der Waals surface area contributed by atoms with E-state index in [4.69, 9.17) is 0 Å². The number of amides is 2. The molecular weight excluding hydrogens is 378 g/mol. The molecule has 0 saturated heterocycles. The van der Waals surface area contributed by atoms with Crippen LogP contribution in [0.1, 0.15) is 11.4 Å². The lowest BCUT2D eigenvalue weighted by Gasteiger charge is -2.11. The van der Waals surface area contributed by atoms with Crippen molar-refractivity contribution < 1.29 is 4.79 Å². The monoisotopic (exact) mass is 399 g/mol. The summed E-state index contributed by atoms with van der Waals surface area (Å²) in [6, 6.07) is 18.4. The van der Waals surface area contributed by atoms with Crippen LogP contribution in [0.25, 0.3) is 5.82 Å². The number of nitrogens with one attached hydrogen (secondary N) is 3. The predicted octanol–water partition coefficient (Wildman–Crippen LogP) is 4.67. The molecule has 0 aliphatic heterocycles. The van der Waals surface area contributed by atoms with E-state index in [2.05, 4.69) is 31.0 Å². The molecule has 0 aliphatic rings. The summed E-state index contributed by atoms with van der Waals surface area (Å²) in [6.45, 7) is 3.83. The third-order valence-corrected chi connectivity index (χ3v) is 4.29. The summed E-state index contributed by atoms with van der Waals surface area (Å²) in [6.07, 6.45) is 3.53. The highest BCUT2D eigenvalue weighted by Crippen LogP contribution is 2.19. The molecule has 30 heavy (non-hydrogen) atoms. The molecule has 0 fully saturated rings. The van der Waals surface area contributed by atoms with Crippen LogP contribution < -0.4 is 16.0 Å². The predicted molar refractivity (Wildman–Crippen MR) is 117 cm³/mol. The summed E-state index contributed by atoms with van der Waals surface area (Å²) in [5.41, 5.74) is 3.40. The largest absolute Gasteiger partial charge is 0.340 e. The van der Waals surface area contributed by atoms with Gasteiger partial charge in [-0.3, -0.25) is 0 Å². The second-order valence-corrected chi connectivity index (χ2v) is 6.76. The maximum atomic E-state index is 12.2. The van der Waals surface area contributed by atoms with Crippen LogP contribution in [-0.2, 0) is 0 Å². The van der Waals surface area contributed by atoms with Crippen LogP contribution in [-0.4, -0.2) is 25.8 Å². The van der Waals surface area contributed by atoms with E-state index in [1.807, 2.05) is 80.7 Å². The van der Waals surface area contributed by atoms with Crippen LogP contribution in [0.5, 0.6) is 0 Å². The van der Waals surface area contributed by atoms with E-state index >= 15 is 0 Å². The molecule has 0 unspecified atom stereocenters. The van der Waals surface area contributed by atoms with Gasteiger partial charge in [0.1, 0.15) is 11.6 Å². The average Bonchev–Trinajstić information content (AvgIpc) is 3.26. The SMILES string of the molecule is Cc1ccc(NC(=O)Nc2ccc(Nc3cc(-n4cccn4)nc(C)n3)cc2)cc1. The molecule has 0 aliphatic carbocycles. The van der Waals surface area contributed by atoms with E-state index in [-0.39, 0.29) is 6.03 Å². The fourth-order valence-electron chi connectivity index (χ4n) is 2.85. The molecule has 0 radical (unpaired) electrons. The van der Waals surface area contributed by atoms with E-state index < -0.39 is 0 Å². The average molecular weight is 399 g/mol. The lowest BCUT2D eigenvalue weighted by molar-refractivity contribution is 0.262. The first-order chi connectivity index (χ1) is 14.5. The number of aryl methyl sites for hydroxylation is 2. The van der Waals surface area contributed by atoms with Gasteiger partial charge in [0.2, 0.25) is 0 Å². The highest BCUT2D eigenvalue weighted by atomic mass is 16.2. The number of urea groups is 1. The van der Waals surface area contributed by atoms with Gasteiger partial charge in [-0.25, -0.2) is 19.4 Å². The van der Waals surface area contributed by atoms with E-state index in [1.54, 1.807) is 10.9 Å². The van der Waals surface area contributed by atoms with Crippen LogP contribution in [0.4, 0.5) is 27.7 Å². The van der Waals surface area contributed by atoms with Crippen LogP contribution in [0.15, 0.2) is 73.1 Å². The Morgan fingerprint density at radius 1 is 0.867 bits per heavy atom. The molecule has 2 heterocycles. The van der Waals surface area contributed by atoms with Crippen LogP contribution in [0, 0.1) is 13.8 Å². The molecule has 8 heteroatoms. The van der Waals surface area contributed by atoms with Gasteiger partial charge in [0.05, 0.1) is 0 Å². The molecule has 4 aromatic rings. The fraction of sp³-hybridized carbons (Fsp3) is 0.0909. The van der Waals surface area contributed by atoms with Gasteiger partial charge >= 0.3 is 6.03 Å². The number of benzene rings is 2. The smallest absolute Gasteiger partial charge is 0.323 e. The summed E-state index contributed by atoms with van der Waals surface area (Å²) < 4.78 is 1.68. The lowest BCUT2D eigenvalue weighted by atomic mass is 10.2. The van der Waals surface area contributed by atoms with Crippen LogP contribution in [0.3, 0.4) is 0 Å². The number of anilines is 4. The van der Waals surface area contributed by atoms with Gasteiger partial charge in [0, 0.05) is 35.5 Å². The highest BCUT2D eigenvalue weighted by molar-refractivity contribution is 5.99. The Balaban J connectivity index is 1.40. The summed E-state index contributed by atoms with van der Waals surface area (Å²) in [5, 5.41) is 13.1. The van der Waals surface area contributed by atoms with Gasteiger partial charge < -0.3 is 16.0 Å². The molecule has 0 atom stereocenters. The zero-order valence-corrected chi connectivity index (χ0v) is 16.6. The molecule has 150 valence electrons. The van der Waals surface area contributed by atoms with Crippen molar-refractivity contribution in [3.05, 3.63) is 84.4 Å². The van der Waals surface area contributed by atoms with Crippen LogP contribution in [0.2, 0.25) is 0 Å². The quantitative estimate of drug-likeness (QED) is 0.453. The summed E-state index contributed by atoms with van der Waals surface area (Å²) in [5.74, 6) is 1.98. The number of nitrogens with zero attached hydrogens (tertiary/aromatic N) is 4. The van der Waals surface area contributed by atoms with Crippen molar-refractivity contribution in [1.29, 1.82) is 0 Å². The second kappa shape index (κ2) is 8.44. The zero-order chi connectivity index (χ0) is 20.9. The minimum absolute atomic E-state index is 0.296. The van der Waals surface area contributed by atoms with Crippen molar-refractivity contribution in [2.45, 2.75) is 13.8 Å². The molecule has 0 bridgehead atoms. The third kappa shape index (κ3) is 4.79. The van der Waals surface area contributed by atoms with Crippen molar-refractivity contribution in [1.82, 2.24) is 19.7 Å². The van der Waals surface area contributed by atoms with E-state index in [1.165, 1.54) is 0 Å². The van der Waals surface area contributed by atoms with Gasteiger partial charge in [0.15, 0.2) is 5.82 Å².